The molecule has 3 aromatic rings. The third kappa shape index (κ3) is 2.68. The van der Waals surface area contributed by atoms with E-state index >= 15 is 0 Å². The molecule has 0 fully saturated rings. The summed E-state index contributed by atoms with van der Waals surface area (Å²) in [5.74, 6) is 0.925. The van der Waals surface area contributed by atoms with E-state index in [-0.39, 0.29) is 0 Å². The van der Waals surface area contributed by atoms with Crippen molar-refractivity contribution >= 4 is 34.5 Å². The third-order valence-electron chi connectivity index (χ3n) is 2.78. The quantitative estimate of drug-likeness (QED) is 0.721. The van der Waals surface area contributed by atoms with Crippen molar-refractivity contribution in [1.29, 1.82) is 0 Å². The minimum absolute atomic E-state index is 0.540. The van der Waals surface area contributed by atoms with E-state index < -0.39 is 0 Å². The Hall–Kier alpha value is -1.29. The molecule has 19 heavy (non-hydrogen) atoms. The van der Waals surface area contributed by atoms with E-state index in [1.807, 2.05) is 24.4 Å². The van der Waals surface area contributed by atoms with E-state index in [0.717, 1.165) is 23.5 Å². The fourth-order valence-electron chi connectivity index (χ4n) is 1.87. The first-order chi connectivity index (χ1) is 9.24. The van der Waals surface area contributed by atoms with Crippen molar-refractivity contribution in [3.8, 4) is 11.3 Å². The first kappa shape index (κ1) is 12.7. The molecule has 0 radical (unpaired) electrons. The van der Waals surface area contributed by atoms with Crippen molar-refractivity contribution < 1.29 is 0 Å². The van der Waals surface area contributed by atoms with Crippen molar-refractivity contribution in [3.05, 3.63) is 62.7 Å². The lowest BCUT2D eigenvalue weighted by atomic mass is 10.2. The van der Waals surface area contributed by atoms with Crippen molar-refractivity contribution in [2.45, 2.75) is 6.42 Å². The molecule has 2 nitrogen and oxygen atoms in total. The number of hydrogen-bond acceptors (Lipinski definition) is 2. The zero-order valence-corrected chi connectivity index (χ0v) is 12.2. The zero-order chi connectivity index (χ0) is 13.2. The van der Waals surface area contributed by atoms with Crippen molar-refractivity contribution in [3.63, 3.8) is 0 Å². The molecule has 5 heteroatoms. The Kier molecular flexibility index (Phi) is 3.60. The SMILES string of the molecule is Clc1cccc(-c2c[nH]c(Cc3cccs3)n2)c1Cl. The van der Waals surface area contributed by atoms with E-state index in [2.05, 4.69) is 21.4 Å². The standard InChI is InChI=1S/C14H10Cl2N2S/c15-11-5-1-4-10(14(11)16)12-8-17-13(18-12)7-9-3-2-6-19-9/h1-6,8H,7H2,(H,17,18). The molecule has 96 valence electrons. The monoisotopic (exact) mass is 308 g/mol. The van der Waals surface area contributed by atoms with E-state index in [4.69, 9.17) is 23.2 Å². The lowest BCUT2D eigenvalue weighted by Gasteiger charge is -2.01. The molecule has 2 heterocycles. The van der Waals surface area contributed by atoms with Crippen LogP contribution in [0.15, 0.2) is 41.9 Å². The van der Waals surface area contributed by atoms with Gasteiger partial charge in [0.2, 0.25) is 0 Å². The lowest BCUT2D eigenvalue weighted by Crippen LogP contribution is -1.87. The Morgan fingerprint density at radius 3 is 2.84 bits per heavy atom. The Morgan fingerprint density at radius 2 is 2.05 bits per heavy atom. The molecule has 0 amide bonds. The van der Waals surface area contributed by atoms with Crippen molar-refractivity contribution in [2.24, 2.45) is 0 Å². The smallest absolute Gasteiger partial charge is 0.112 e. The average molecular weight is 309 g/mol. The highest BCUT2D eigenvalue weighted by Gasteiger charge is 2.10. The predicted octanol–water partition coefficient (Wildman–Crippen LogP) is 5.04. The van der Waals surface area contributed by atoms with Crippen LogP contribution < -0.4 is 0 Å². The molecule has 0 aliphatic carbocycles. The number of thiophene rings is 1. The van der Waals surface area contributed by atoms with Crippen LogP contribution in [0.25, 0.3) is 11.3 Å². The van der Waals surface area contributed by atoms with Gasteiger partial charge >= 0.3 is 0 Å². The molecule has 0 saturated carbocycles. The molecule has 0 atom stereocenters. The Bertz CT molecular complexity index is 689. The Balaban J connectivity index is 1.91. The van der Waals surface area contributed by atoms with Crippen LogP contribution in [0.3, 0.4) is 0 Å². The normalized spacial score (nSPS) is 10.8. The summed E-state index contributed by atoms with van der Waals surface area (Å²) in [6, 6.07) is 9.69. The summed E-state index contributed by atoms with van der Waals surface area (Å²) in [5.41, 5.74) is 1.67. The maximum Gasteiger partial charge on any atom is 0.112 e. The second-order valence-corrected chi connectivity index (χ2v) is 5.91. The number of benzene rings is 1. The number of aromatic nitrogens is 2. The molecule has 0 spiro atoms. The first-order valence-electron chi connectivity index (χ1n) is 5.75. The number of imidazole rings is 1. The summed E-state index contributed by atoms with van der Waals surface area (Å²) in [7, 11) is 0. The highest BCUT2D eigenvalue weighted by atomic mass is 35.5. The number of rotatable bonds is 3. The maximum absolute atomic E-state index is 6.20. The number of nitrogens with zero attached hydrogens (tertiary/aromatic N) is 1. The molecule has 2 aromatic heterocycles. The molecule has 1 N–H and O–H groups in total. The number of hydrogen-bond donors (Lipinski definition) is 1. The van der Waals surface area contributed by atoms with Crippen molar-refractivity contribution in [2.75, 3.05) is 0 Å². The van der Waals surface area contributed by atoms with Gasteiger partial charge in [0.05, 0.1) is 15.7 Å². The van der Waals surface area contributed by atoms with Gasteiger partial charge in [-0.25, -0.2) is 4.98 Å². The fraction of sp³-hybridized carbons (Fsp3) is 0.0714. The summed E-state index contributed by atoms with van der Waals surface area (Å²) < 4.78 is 0. The second kappa shape index (κ2) is 5.37. The molecule has 1 aromatic carbocycles. The number of aromatic amines is 1. The number of nitrogens with one attached hydrogen (secondary N) is 1. The maximum atomic E-state index is 6.20. The summed E-state index contributed by atoms with van der Waals surface area (Å²) in [5, 5.41) is 3.15. The van der Waals surface area contributed by atoms with Gasteiger partial charge in [0.1, 0.15) is 5.82 Å². The van der Waals surface area contributed by atoms with Gasteiger partial charge < -0.3 is 4.98 Å². The van der Waals surface area contributed by atoms with E-state index in [1.165, 1.54) is 4.88 Å². The molecule has 0 unspecified atom stereocenters. The first-order valence-corrected chi connectivity index (χ1v) is 7.38. The Morgan fingerprint density at radius 1 is 1.16 bits per heavy atom. The Labute approximate surface area is 125 Å². The van der Waals surface area contributed by atoms with Gasteiger partial charge in [-0.2, -0.15) is 0 Å². The largest absolute Gasteiger partial charge is 0.348 e. The zero-order valence-electron chi connectivity index (χ0n) is 9.86. The summed E-state index contributed by atoms with van der Waals surface area (Å²) in [6.07, 6.45) is 2.66. The molecule has 0 aliphatic heterocycles. The van der Waals surface area contributed by atoms with Gasteiger partial charge in [-0.3, -0.25) is 0 Å². The molecule has 0 bridgehead atoms. The highest BCUT2D eigenvalue weighted by Crippen LogP contribution is 2.32. The number of halogens is 2. The fourth-order valence-corrected chi connectivity index (χ4v) is 2.98. The van der Waals surface area contributed by atoms with Crippen LogP contribution in [0.2, 0.25) is 10.0 Å². The van der Waals surface area contributed by atoms with Crippen LogP contribution in [0.1, 0.15) is 10.7 Å². The van der Waals surface area contributed by atoms with Gasteiger partial charge in [-0.1, -0.05) is 41.4 Å². The molecule has 3 rings (SSSR count). The van der Waals surface area contributed by atoms with Crippen LogP contribution >= 0.6 is 34.5 Å². The lowest BCUT2D eigenvalue weighted by molar-refractivity contribution is 1.05. The van der Waals surface area contributed by atoms with Crippen LogP contribution in [0.5, 0.6) is 0 Å². The minimum Gasteiger partial charge on any atom is -0.348 e. The van der Waals surface area contributed by atoms with Gasteiger partial charge in [0.25, 0.3) is 0 Å². The van der Waals surface area contributed by atoms with Gasteiger partial charge in [0.15, 0.2) is 0 Å². The average Bonchev–Trinajstić information content (AvgIpc) is 3.05. The summed E-state index contributed by atoms with van der Waals surface area (Å²) in [6.45, 7) is 0. The van der Waals surface area contributed by atoms with Crippen LogP contribution in [-0.4, -0.2) is 9.97 Å². The van der Waals surface area contributed by atoms with Gasteiger partial charge in [-0.15, -0.1) is 11.3 Å². The summed E-state index contributed by atoms with van der Waals surface area (Å²) in [4.78, 5) is 9.02. The molecule has 0 saturated heterocycles. The number of H-pyrrole nitrogens is 1. The van der Waals surface area contributed by atoms with Crippen LogP contribution in [0.4, 0.5) is 0 Å². The minimum atomic E-state index is 0.540. The third-order valence-corrected chi connectivity index (χ3v) is 4.48. The van der Waals surface area contributed by atoms with Gasteiger partial charge in [0, 0.05) is 23.1 Å². The predicted molar refractivity (Wildman–Crippen MR) is 81.2 cm³/mol. The summed E-state index contributed by atoms with van der Waals surface area (Å²) >= 11 is 13.9. The van der Waals surface area contributed by atoms with E-state index in [1.54, 1.807) is 17.4 Å². The highest BCUT2D eigenvalue weighted by molar-refractivity contribution is 7.09. The van der Waals surface area contributed by atoms with E-state index in [0.29, 0.717) is 10.0 Å². The molecular weight excluding hydrogens is 299 g/mol. The molecule has 0 aliphatic rings. The second-order valence-electron chi connectivity index (χ2n) is 4.09. The van der Waals surface area contributed by atoms with Crippen LogP contribution in [-0.2, 0) is 6.42 Å². The molecular formula is C14H10Cl2N2S. The van der Waals surface area contributed by atoms with Gasteiger partial charge in [-0.05, 0) is 17.5 Å². The van der Waals surface area contributed by atoms with Crippen molar-refractivity contribution in [1.82, 2.24) is 9.97 Å². The van der Waals surface area contributed by atoms with E-state index in [9.17, 15) is 0 Å². The van der Waals surface area contributed by atoms with Crippen LogP contribution in [0, 0.1) is 0 Å². The topological polar surface area (TPSA) is 28.7 Å².